The minimum atomic E-state index is -0.0719. The van der Waals surface area contributed by atoms with Crippen LogP contribution in [0, 0.1) is 6.92 Å². The van der Waals surface area contributed by atoms with E-state index in [9.17, 15) is 0 Å². The van der Waals surface area contributed by atoms with Gasteiger partial charge in [0.2, 0.25) is 0 Å². The molecule has 2 aromatic heterocycles. The maximum Gasteiger partial charge on any atom is 0.108 e. The monoisotopic (exact) mass is 231 g/mol. The number of nitrogens with one attached hydrogen (secondary N) is 1. The number of hydrogen-bond acceptors (Lipinski definition) is 4. The quantitative estimate of drug-likeness (QED) is 0.624. The second-order valence-corrected chi connectivity index (χ2v) is 3.98. The number of hydrazine groups is 1. The normalized spacial score (nSPS) is 12.6. The van der Waals surface area contributed by atoms with E-state index in [1.807, 2.05) is 25.3 Å². The fourth-order valence-corrected chi connectivity index (χ4v) is 2.02. The largest absolute Gasteiger partial charge is 0.469 e. The van der Waals surface area contributed by atoms with Gasteiger partial charge in [0, 0.05) is 24.4 Å². The summed E-state index contributed by atoms with van der Waals surface area (Å²) in [5, 5.41) is 0. The lowest BCUT2D eigenvalue weighted by Gasteiger charge is -2.17. The Kier molecular flexibility index (Phi) is 3.56. The molecule has 0 spiro atoms. The Balaban J connectivity index is 2.44. The first-order chi connectivity index (χ1) is 8.27. The molecule has 2 aromatic rings. The third kappa shape index (κ3) is 2.23. The molecule has 1 unspecified atom stereocenters. The predicted octanol–water partition coefficient (Wildman–Crippen LogP) is 2.10. The molecule has 0 fully saturated rings. The zero-order chi connectivity index (χ0) is 12.3. The number of nitrogens with zero attached hydrogens (tertiary/aromatic N) is 1. The topological polar surface area (TPSA) is 64.1 Å². The second-order valence-electron chi connectivity index (χ2n) is 3.98. The van der Waals surface area contributed by atoms with E-state index in [4.69, 9.17) is 10.3 Å². The summed E-state index contributed by atoms with van der Waals surface area (Å²) < 4.78 is 5.44. The highest BCUT2D eigenvalue weighted by atomic mass is 16.3. The van der Waals surface area contributed by atoms with Gasteiger partial charge in [0.1, 0.15) is 5.76 Å². The zero-order valence-electron chi connectivity index (χ0n) is 10.1. The van der Waals surface area contributed by atoms with Crippen molar-refractivity contribution in [1.29, 1.82) is 0 Å². The summed E-state index contributed by atoms with van der Waals surface area (Å²) in [6.07, 6.45) is 6.17. The molecule has 0 saturated heterocycles. The first-order valence-corrected chi connectivity index (χ1v) is 5.70. The molecule has 90 valence electrons. The Bertz CT molecular complexity index is 493. The van der Waals surface area contributed by atoms with Gasteiger partial charge in [0.05, 0.1) is 12.3 Å². The van der Waals surface area contributed by atoms with Crippen molar-refractivity contribution in [3.05, 3.63) is 53.2 Å². The molecule has 0 aliphatic heterocycles. The van der Waals surface area contributed by atoms with E-state index in [0.717, 1.165) is 28.9 Å². The molecule has 17 heavy (non-hydrogen) atoms. The van der Waals surface area contributed by atoms with Gasteiger partial charge in [0.15, 0.2) is 0 Å². The van der Waals surface area contributed by atoms with Crippen molar-refractivity contribution in [2.45, 2.75) is 26.3 Å². The maximum atomic E-state index is 5.67. The number of furan rings is 1. The van der Waals surface area contributed by atoms with Crippen LogP contribution in [-0.2, 0) is 6.42 Å². The predicted molar refractivity (Wildman–Crippen MR) is 66.2 cm³/mol. The van der Waals surface area contributed by atoms with Gasteiger partial charge in [-0.2, -0.15) is 0 Å². The van der Waals surface area contributed by atoms with Crippen LogP contribution in [0.5, 0.6) is 0 Å². The SMILES string of the molecule is CCc1occc1C(NN)c1cnccc1C. The van der Waals surface area contributed by atoms with Gasteiger partial charge in [-0.05, 0) is 30.2 Å². The lowest BCUT2D eigenvalue weighted by molar-refractivity contribution is 0.501. The minimum absolute atomic E-state index is 0.0719. The molecule has 0 bridgehead atoms. The molecule has 0 radical (unpaired) electrons. The smallest absolute Gasteiger partial charge is 0.108 e. The van der Waals surface area contributed by atoms with Gasteiger partial charge in [0.25, 0.3) is 0 Å². The van der Waals surface area contributed by atoms with Gasteiger partial charge in [-0.3, -0.25) is 10.8 Å². The van der Waals surface area contributed by atoms with Crippen molar-refractivity contribution >= 4 is 0 Å². The fraction of sp³-hybridized carbons (Fsp3) is 0.308. The second kappa shape index (κ2) is 5.12. The summed E-state index contributed by atoms with van der Waals surface area (Å²) >= 11 is 0. The molecule has 2 heterocycles. The molecule has 0 amide bonds. The van der Waals surface area contributed by atoms with Crippen LogP contribution in [0.2, 0.25) is 0 Å². The molecule has 0 saturated carbocycles. The summed E-state index contributed by atoms with van der Waals surface area (Å²) in [6, 6.07) is 3.86. The first kappa shape index (κ1) is 11.8. The fourth-order valence-electron chi connectivity index (χ4n) is 2.02. The van der Waals surface area contributed by atoms with Crippen LogP contribution in [0.3, 0.4) is 0 Å². The van der Waals surface area contributed by atoms with Gasteiger partial charge in [-0.15, -0.1) is 0 Å². The molecule has 4 heteroatoms. The Hall–Kier alpha value is -1.65. The van der Waals surface area contributed by atoms with Crippen molar-refractivity contribution in [3.8, 4) is 0 Å². The molecule has 3 N–H and O–H groups in total. The van der Waals surface area contributed by atoms with E-state index in [2.05, 4.69) is 17.3 Å². The molecule has 0 aliphatic rings. The minimum Gasteiger partial charge on any atom is -0.469 e. The molecule has 1 atom stereocenters. The molecule has 0 aromatic carbocycles. The number of aromatic nitrogens is 1. The summed E-state index contributed by atoms with van der Waals surface area (Å²) in [5.74, 6) is 6.62. The molecular formula is C13H17N3O. The van der Waals surface area contributed by atoms with Gasteiger partial charge >= 0.3 is 0 Å². The highest BCUT2D eigenvalue weighted by Gasteiger charge is 2.19. The Morgan fingerprint density at radius 3 is 2.88 bits per heavy atom. The van der Waals surface area contributed by atoms with Crippen LogP contribution >= 0.6 is 0 Å². The van der Waals surface area contributed by atoms with Crippen molar-refractivity contribution in [2.75, 3.05) is 0 Å². The third-order valence-corrected chi connectivity index (χ3v) is 2.97. The number of nitrogens with two attached hydrogens (primary N) is 1. The van der Waals surface area contributed by atoms with Gasteiger partial charge in [-0.25, -0.2) is 5.43 Å². The maximum absolute atomic E-state index is 5.67. The highest BCUT2D eigenvalue weighted by Crippen LogP contribution is 2.27. The average Bonchev–Trinajstić information content (AvgIpc) is 2.81. The van der Waals surface area contributed by atoms with Crippen molar-refractivity contribution in [1.82, 2.24) is 10.4 Å². The average molecular weight is 231 g/mol. The Morgan fingerprint density at radius 1 is 1.41 bits per heavy atom. The molecule has 4 nitrogen and oxygen atoms in total. The lowest BCUT2D eigenvalue weighted by Crippen LogP contribution is -2.29. The Labute approximate surface area is 101 Å². The van der Waals surface area contributed by atoms with Crippen LogP contribution in [-0.4, -0.2) is 4.98 Å². The first-order valence-electron chi connectivity index (χ1n) is 5.70. The summed E-state index contributed by atoms with van der Waals surface area (Å²) in [7, 11) is 0. The standard InChI is InChI=1S/C13H17N3O/c1-3-12-10(5-7-17-12)13(16-14)11-8-15-6-4-9(11)2/h4-8,13,16H,3,14H2,1-2H3. The number of rotatable bonds is 4. The molecule has 2 rings (SSSR count). The number of hydrogen-bond donors (Lipinski definition) is 2. The van der Waals surface area contributed by atoms with E-state index in [1.54, 1.807) is 12.5 Å². The highest BCUT2D eigenvalue weighted by molar-refractivity contribution is 5.35. The van der Waals surface area contributed by atoms with Crippen LogP contribution in [0.15, 0.2) is 35.2 Å². The molecule has 0 aliphatic carbocycles. The van der Waals surface area contributed by atoms with Crippen LogP contribution in [0.1, 0.15) is 35.4 Å². The molecular weight excluding hydrogens is 214 g/mol. The summed E-state index contributed by atoms with van der Waals surface area (Å²) in [4.78, 5) is 4.15. The van der Waals surface area contributed by atoms with E-state index in [-0.39, 0.29) is 6.04 Å². The summed E-state index contributed by atoms with van der Waals surface area (Å²) in [6.45, 7) is 4.11. The van der Waals surface area contributed by atoms with E-state index in [0.29, 0.717) is 0 Å². The van der Waals surface area contributed by atoms with Crippen molar-refractivity contribution < 1.29 is 4.42 Å². The summed E-state index contributed by atoms with van der Waals surface area (Å²) in [5.41, 5.74) is 6.15. The zero-order valence-corrected chi connectivity index (χ0v) is 10.1. The van der Waals surface area contributed by atoms with Gasteiger partial charge in [-0.1, -0.05) is 6.92 Å². The Morgan fingerprint density at radius 2 is 2.24 bits per heavy atom. The van der Waals surface area contributed by atoms with E-state index in [1.165, 1.54) is 0 Å². The van der Waals surface area contributed by atoms with Crippen molar-refractivity contribution in [3.63, 3.8) is 0 Å². The lowest BCUT2D eigenvalue weighted by atomic mass is 9.97. The van der Waals surface area contributed by atoms with E-state index < -0.39 is 0 Å². The van der Waals surface area contributed by atoms with Crippen LogP contribution in [0.4, 0.5) is 0 Å². The number of aryl methyl sites for hydroxylation is 2. The number of pyridine rings is 1. The van der Waals surface area contributed by atoms with Gasteiger partial charge < -0.3 is 4.42 Å². The third-order valence-electron chi connectivity index (χ3n) is 2.97. The van der Waals surface area contributed by atoms with Crippen molar-refractivity contribution in [2.24, 2.45) is 5.84 Å². The van der Waals surface area contributed by atoms with Crippen LogP contribution < -0.4 is 11.3 Å². The van der Waals surface area contributed by atoms with E-state index >= 15 is 0 Å². The van der Waals surface area contributed by atoms with Crippen LogP contribution in [0.25, 0.3) is 0 Å².